The summed E-state index contributed by atoms with van der Waals surface area (Å²) in [5.41, 5.74) is 1.27. The second-order valence-corrected chi connectivity index (χ2v) is 4.94. The highest BCUT2D eigenvalue weighted by Gasteiger charge is 2.16. The van der Waals surface area contributed by atoms with Gasteiger partial charge in [-0.2, -0.15) is 0 Å². The molecule has 0 amide bonds. The van der Waals surface area contributed by atoms with Crippen LogP contribution in [0.5, 0.6) is 0 Å². The van der Waals surface area contributed by atoms with Gasteiger partial charge in [-0.15, -0.1) is 0 Å². The summed E-state index contributed by atoms with van der Waals surface area (Å²) in [4.78, 5) is 16.0. The summed E-state index contributed by atoms with van der Waals surface area (Å²) in [5.74, 6) is -0.0513. The number of nitrogens with zero attached hydrogens (tertiary/aromatic N) is 1. The van der Waals surface area contributed by atoms with Crippen LogP contribution in [0.4, 0.5) is 0 Å². The van der Waals surface area contributed by atoms with E-state index in [0.29, 0.717) is 29.4 Å². The number of pyridine rings is 1. The van der Waals surface area contributed by atoms with Crippen LogP contribution in [0.1, 0.15) is 29.9 Å². The molecular formula is C13H18BrNO3. The van der Waals surface area contributed by atoms with Crippen molar-refractivity contribution in [3.63, 3.8) is 0 Å². The fraction of sp³-hybridized carbons (Fsp3) is 0.538. The maximum Gasteiger partial charge on any atom is 0.357 e. The van der Waals surface area contributed by atoms with Crippen LogP contribution in [0.25, 0.3) is 0 Å². The first-order chi connectivity index (χ1) is 8.58. The lowest BCUT2D eigenvalue weighted by molar-refractivity contribution is 0.0517. The molecule has 1 heterocycles. The zero-order chi connectivity index (χ0) is 13.5. The molecule has 1 aromatic rings. The zero-order valence-electron chi connectivity index (χ0n) is 10.9. The number of ether oxygens (including phenoxy) is 2. The molecule has 0 bridgehead atoms. The van der Waals surface area contributed by atoms with E-state index in [0.717, 1.165) is 12.0 Å². The number of methoxy groups -OCH3 is 1. The topological polar surface area (TPSA) is 48.4 Å². The van der Waals surface area contributed by atoms with Crippen LogP contribution in [0.3, 0.4) is 0 Å². The highest BCUT2D eigenvalue weighted by Crippen LogP contribution is 2.17. The predicted octanol–water partition coefficient (Wildman–Crippen LogP) is 2.85. The highest BCUT2D eigenvalue weighted by molar-refractivity contribution is 9.10. The normalized spacial score (nSPS) is 12.2. The third-order valence-electron chi connectivity index (χ3n) is 2.43. The van der Waals surface area contributed by atoms with E-state index in [1.165, 1.54) is 0 Å². The molecule has 0 radical (unpaired) electrons. The Morgan fingerprint density at radius 2 is 2.22 bits per heavy atom. The number of rotatable bonds is 6. The zero-order valence-corrected chi connectivity index (χ0v) is 12.5. The SMILES string of the molecule is CCOC(=O)c1nc(Br)ccc1CC(C)COC. The van der Waals surface area contributed by atoms with Crippen molar-refractivity contribution >= 4 is 21.9 Å². The van der Waals surface area contributed by atoms with Crippen LogP contribution in [0, 0.1) is 5.92 Å². The summed E-state index contributed by atoms with van der Waals surface area (Å²) in [7, 11) is 1.67. The Bertz CT molecular complexity index is 409. The summed E-state index contributed by atoms with van der Waals surface area (Å²) in [6.45, 7) is 4.85. The predicted molar refractivity (Wildman–Crippen MR) is 72.6 cm³/mol. The summed E-state index contributed by atoms with van der Waals surface area (Å²) in [6.07, 6.45) is 0.738. The second-order valence-electron chi connectivity index (χ2n) is 4.13. The second kappa shape index (κ2) is 7.48. The minimum absolute atomic E-state index is 0.325. The Hall–Kier alpha value is -0.940. The minimum atomic E-state index is -0.376. The summed E-state index contributed by atoms with van der Waals surface area (Å²) >= 11 is 3.27. The van der Waals surface area contributed by atoms with Gasteiger partial charge in [0.25, 0.3) is 0 Å². The molecule has 1 unspecified atom stereocenters. The average molecular weight is 316 g/mol. The summed E-state index contributed by atoms with van der Waals surface area (Å²) in [6, 6.07) is 3.73. The van der Waals surface area contributed by atoms with Crippen molar-refractivity contribution in [2.75, 3.05) is 20.3 Å². The van der Waals surface area contributed by atoms with E-state index in [1.807, 2.05) is 12.1 Å². The molecule has 0 spiro atoms. The Labute approximate surface area is 116 Å². The third kappa shape index (κ3) is 4.38. The first kappa shape index (κ1) is 15.1. The standard InChI is InChI=1S/C13H18BrNO3/c1-4-18-13(16)12-10(5-6-11(14)15-12)7-9(2)8-17-3/h5-6,9H,4,7-8H2,1-3H3. The van der Waals surface area contributed by atoms with Gasteiger partial charge in [0.1, 0.15) is 4.60 Å². The fourth-order valence-corrected chi connectivity index (χ4v) is 2.03. The monoisotopic (exact) mass is 315 g/mol. The molecule has 4 nitrogen and oxygen atoms in total. The Morgan fingerprint density at radius 3 is 2.83 bits per heavy atom. The number of carbonyl (C=O) groups excluding carboxylic acids is 1. The van der Waals surface area contributed by atoms with E-state index >= 15 is 0 Å². The van der Waals surface area contributed by atoms with Gasteiger partial charge >= 0.3 is 5.97 Å². The fourth-order valence-electron chi connectivity index (χ4n) is 1.72. The number of esters is 1. The van der Waals surface area contributed by atoms with Gasteiger partial charge in [0, 0.05) is 13.7 Å². The van der Waals surface area contributed by atoms with E-state index in [1.54, 1.807) is 14.0 Å². The Morgan fingerprint density at radius 1 is 1.50 bits per heavy atom. The van der Waals surface area contributed by atoms with Gasteiger partial charge in [0.2, 0.25) is 0 Å². The van der Waals surface area contributed by atoms with Gasteiger partial charge in [-0.05, 0) is 46.8 Å². The molecule has 0 saturated heterocycles. The van der Waals surface area contributed by atoms with Crippen LogP contribution in [0.2, 0.25) is 0 Å². The third-order valence-corrected chi connectivity index (χ3v) is 2.87. The Balaban J connectivity index is 2.92. The summed E-state index contributed by atoms with van der Waals surface area (Å²) < 4.78 is 10.7. The van der Waals surface area contributed by atoms with Gasteiger partial charge in [0.05, 0.1) is 6.61 Å². The van der Waals surface area contributed by atoms with Crippen LogP contribution < -0.4 is 0 Å². The van der Waals surface area contributed by atoms with Crippen molar-refractivity contribution < 1.29 is 14.3 Å². The largest absolute Gasteiger partial charge is 0.461 e. The molecule has 18 heavy (non-hydrogen) atoms. The van der Waals surface area contributed by atoms with Gasteiger partial charge < -0.3 is 9.47 Å². The van der Waals surface area contributed by atoms with Crippen molar-refractivity contribution in [3.05, 3.63) is 28.0 Å². The van der Waals surface area contributed by atoms with E-state index in [4.69, 9.17) is 9.47 Å². The lowest BCUT2D eigenvalue weighted by Crippen LogP contribution is -2.14. The number of halogens is 1. The van der Waals surface area contributed by atoms with Crippen LogP contribution in [-0.4, -0.2) is 31.3 Å². The van der Waals surface area contributed by atoms with Crippen LogP contribution in [0.15, 0.2) is 16.7 Å². The summed E-state index contributed by atoms with van der Waals surface area (Å²) in [5, 5.41) is 0. The maximum absolute atomic E-state index is 11.8. The molecule has 0 aliphatic rings. The van der Waals surface area contributed by atoms with Crippen molar-refractivity contribution in [2.45, 2.75) is 20.3 Å². The molecule has 0 saturated carbocycles. The van der Waals surface area contributed by atoms with Crippen LogP contribution in [-0.2, 0) is 15.9 Å². The van der Waals surface area contributed by atoms with Gasteiger partial charge in [-0.3, -0.25) is 0 Å². The van der Waals surface area contributed by atoms with Gasteiger partial charge in [-0.1, -0.05) is 13.0 Å². The van der Waals surface area contributed by atoms with Crippen molar-refractivity contribution in [3.8, 4) is 0 Å². The molecule has 5 heteroatoms. The van der Waals surface area contributed by atoms with E-state index < -0.39 is 0 Å². The number of hydrogen-bond acceptors (Lipinski definition) is 4. The first-order valence-corrected chi connectivity index (χ1v) is 6.69. The first-order valence-electron chi connectivity index (χ1n) is 5.90. The van der Waals surface area contributed by atoms with E-state index in [9.17, 15) is 4.79 Å². The molecule has 0 aliphatic carbocycles. The number of hydrogen-bond donors (Lipinski definition) is 0. The van der Waals surface area contributed by atoms with E-state index in [2.05, 4.69) is 27.8 Å². The van der Waals surface area contributed by atoms with Gasteiger partial charge in [-0.25, -0.2) is 9.78 Å². The van der Waals surface area contributed by atoms with Crippen LogP contribution >= 0.6 is 15.9 Å². The Kier molecular flexibility index (Phi) is 6.29. The smallest absolute Gasteiger partial charge is 0.357 e. The highest BCUT2D eigenvalue weighted by atomic mass is 79.9. The van der Waals surface area contributed by atoms with Crippen molar-refractivity contribution in [2.24, 2.45) is 5.92 Å². The lowest BCUT2D eigenvalue weighted by atomic mass is 10.0. The quantitative estimate of drug-likeness (QED) is 0.598. The lowest BCUT2D eigenvalue weighted by Gasteiger charge is -2.13. The molecular weight excluding hydrogens is 298 g/mol. The molecule has 1 rings (SSSR count). The molecule has 0 N–H and O–H groups in total. The van der Waals surface area contributed by atoms with Crippen molar-refractivity contribution in [1.29, 1.82) is 0 Å². The number of aromatic nitrogens is 1. The molecule has 0 aliphatic heterocycles. The molecule has 0 aromatic carbocycles. The maximum atomic E-state index is 11.8. The molecule has 100 valence electrons. The van der Waals surface area contributed by atoms with Crippen molar-refractivity contribution in [1.82, 2.24) is 4.98 Å². The molecule has 1 atom stereocenters. The van der Waals surface area contributed by atoms with Gasteiger partial charge in [0.15, 0.2) is 5.69 Å². The molecule has 0 fully saturated rings. The minimum Gasteiger partial charge on any atom is -0.461 e. The molecule has 1 aromatic heterocycles. The average Bonchev–Trinajstić information content (AvgIpc) is 2.32. The number of carbonyl (C=O) groups is 1. The van der Waals surface area contributed by atoms with E-state index in [-0.39, 0.29) is 5.97 Å².